The van der Waals surface area contributed by atoms with Crippen LogP contribution in [0, 0.1) is 0 Å². The molecule has 1 aromatic carbocycles. The minimum absolute atomic E-state index is 0.493. The number of aromatic nitrogens is 3. The molecular weight excluding hydrogens is 340 g/mol. The third kappa shape index (κ3) is 3.86. The largest absolute Gasteiger partial charge is 0.359 e. The van der Waals surface area contributed by atoms with Crippen molar-refractivity contribution in [2.45, 2.75) is 18.9 Å². The molecule has 1 unspecified atom stereocenters. The Morgan fingerprint density at radius 2 is 2.19 bits per heavy atom. The molecule has 27 heavy (non-hydrogen) atoms. The first kappa shape index (κ1) is 17.3. The quantitative estimate of drug-likeness (QED) is 0.569. The summed E-state index contributed by atoms with van der Waals surface area (Å²) in [5.74, 6) is 2.17. The van der Waals surface area contributed by atoms with E-state index in [9.17, 15) is 0 Å². The average Bonchev–Trinajstić information content (AvgIpc) is 3.44. The minimum atomic E-state index is 0.493. The second-order valence-corrected chi connectivity index (χ2v) is 6.82. The molecule has 140 valence electrons. The van der Waals surface area contributed by atoms with E-state index in [0.717, 1.165) is 42.5 Å². The maximum atomic E-state index is 5.47. The van der Waals surface area contributed by atoms with Gasteiger partial charge < -0.3 is 14.7 Å². The zero-order chi connectivity index (χ0) is 18.6. The predicted molar refractivity (Wildman–Crippen MR) is 104 cm³/mol. The van der Waals surface area contributed by atoms with Crippen molar-refractivity contribution in [3.63, 3.8) is 0 Å². The van der Waals surface area contributed by atoms with Gasteiger partial charge in [-0.2, -0.15) is 5.10 Å². The Bertz CT molecular complexity index is 913. The van der Waals surface area contributed by atoms with Crippen molar-refractivity contribution in [1.82, 2.24) is 25.2 Å². The number of hydrogen-bond acceptors (Lipinski definition) is 4. The van der Waals surface area contributed by atoms with E-state index < -0.39 is 0 Å². The van der Waals surface area contributed by atoms with Crippen LogP contribution in [0.5, 0.6) is 0 Å². The molecule has 7 heteroatoms. The Morgan fingerprint density at radius 1 is 1.33 bits per heavy atom. The Morgan fingerprint density at radius 3 is 2.93 bits per heavy atom. The Balaban J connectivity index is 1.36. The SMILES string of the molecule is CN=C(NCc1cc(-c2ccccc2)no1)N1CCC(c2cnn(C)c2)C1. The van der Waals surface area contributed by atoms with Crippen molar-refractivity contribution in [2.75, 3.05) is 20.1 Å². The summed E-state index contributed by atoms with van der Waals surface area (Å²) in [7, 11) is 3.77. The van der Waals surface area contributed by atoms with Gasteiger partial charge in [0.25, 0.3) is 0 Å². The van der Waals surface area contributed by atoms with Crippen molar-refractivity contribution < 1.29 is 4.52 Å². The first-order chi connectivity index (χ1) is 13.2. The lowest BCUT2D eigenvalue weighted by Crippen LogP contribution is -2.39. The number of nitrogens with zero attached hydrogens (tertiary/aromatic N) is 5. The molecule has 0 bridgehead atoms. The third-order valence-corrected chi connectivity index (χ3v) is 4.95. The summed E-state index contributed by atoms with van der Waals surface area (Å²) in [6.07, 6.45) is 5.17. The summed E-state index contributed by atoms with van der Waals surface area (Å²) in [5, 5.41) is 11.8. The molecule has 4 rings (SSSR count). The van der Waals surface area contributed by atoms with Crippen molar-refractivity contribution in [3.8, 4) is 11.3 Å². The van der Waals surface area contributed by atoms with Crippen LogP contribution < -0.4 is 5.32 Å². The van der Waals surface area contributed by atoms with Gasteiger partial charge in [-0.05, 0) is 12.0 Å². The maximum absolute atomic E-state index is 5.47. The summed E-state index contributed by atoms with van der Waals surface area (Å²) in [6, 6.07) is 12.0. The third-order valence-electron chi connectivity index (χ3n) is 4.95. The zero-order valence-electron chi connectivity index (χ0n) is 15.7. The number of hydrogen-bond donors (Lipinski definition) is 1. The molecule has 0 spiro atoms. The highest BCUT2D eigenvalue weighted by molar-refractivity contribution is 5.80. The van der Waals surface area contributed by atoms with Crippen molar-refractivity contribution in [3.05, 3.63) is 60.1 Å². The molecular formula is C20H24N6O. The average molecular weight is 364 g/mol. The number of aliphatic imine (C=N–C) groups is 1. The lowest BCUT2D eigenvalue weighted by atomic mass is 10.0. The molecule has 3 aromatic rings. The topological polar surface area (TPSA) is 71.5 Å². The number of benzene rings is 1. The summed E-state index contributed by atoms with van der Waals surface area (Å²) in [4.78, 5) is 6.72. The summed E-state index contributed by atoms with van der Waals surface area (Å²) in [6.45, 7) is 2.47. The molecule has 7 nitrogen and oxygen atoms in total. The second-order valence-electron chi connectivity index (χ2n) is 6.82. The summed E-state index contributed by atoms with van der Waals surface area (Å²) in [5.41, 5.74) is 3.19. The Hall–Kier alpha value is -3.09. The fraction of sp³-hybridized carbons (Fsp3) is 0.350. The van der Waals surface area contributed by atoms with Gasteiger partial charge in [-0.25, -0.2) is 0 Å². The van der Waals surface area contributed by atoms with Gasteiger partial charge in [0, 0.05) is 50.9 Å². The maximum Gasteiger partial charge on any atom is 0.194 e. The van der Waals surface area contributed by atoms with E-state index in [-0.39, 0.29) is 0 Å². The van der Waals surface area contributed by atoms with Gasteiger partial charge in [0.05, 0.1) is 12.7 Å². The van der Waals surface area contributed by atoms with Gasteiger partial charge in [0.15, 0.2) is 11.7 Å². The van der Waals surface area contributed by atoms with Crippen LogP contribution in [0.2, 0.25) is 0 Å². The van der Waals surface area contributed by atoms with Crippen LogP contribution in [0.3, 0.4) is 0 Å². The van der Waals surface area contributed by atoms with Crippen LogP contribution in [-0.2, 0) is 13.6 Å². The van der Waals surface area contributed by atoms with Crippen LogP contribution in [0.4, 0.5) is 0 Å². The van der Waals surface area contributed by atoms with Crippen molar-refractivity contribution in [2.24, 2.45) is 12.0 Å². The van der Waals surface area contributed by atoms with Crippen molar-refractivity contribution >= 4 is 5.96 Å². The molecule has 1 aliphatic rings. The van der Waals surface area contributed by atoms with Crippen LogP contribution in [-0.4, -0.2) is 45.9 Å². The highest BCUT2D eigenvalue weighted by Crippen LogP contribution is 2.26. The number of aryl methyl sites for hydroxylation is 1. The normalized spacial score (nSPS) is 17.5. The number of nitrogens with one attached hydrogen (secondary N) is 1. The van der Waals surface area contributed by atoms with E-state index in [1.165, 1.54) is 5.56 Å². The van der Waals surface area contributed by atoms with Gasteiger partial charge in [0.2, 0.25) is 0 Å². The summed E-state index contributed by atoms with van der Waals surface area (Å²) < 4.78 is 7.33. The van der Waals surface area contributed by atoms with E-state index in [2.05, 4.69) is 31.7 Å². The van der Waals surface area contributed by atoms with Crippen LogP contribution in [0.1, 0.15) is 23.7 Å². The molecule has 3 heterocycles. The van der Waals surface area contributed by atoms with Gasteiger partial charge in [-0.1, -0.05) is 35.5 Å². The smallest absolute Gasteiger partial charge is 0.194 e. The predicted octanol–water partition coefficient (Wildman–Crippen LogP) is 2.64. The molecule has 2 aromatic heterocycles. The number of rotatable bonds is 4. The molecule has 0 radical (unpaired) electrons. The zero-order valence-corrected chi connectivity index (χ0v) is 15.7. The van der Waals surface area contributed by atoms with Crippen LogP contribution in [0.25, 0.3) is 11.3 Å². The molecule has 0 saturated carbocycles. The molecule has 1 atom stereocenters. The first-order valence-corrected chi connectivity index (χ1v) is 9.18. The monoisotopic (exact) mass is 364 g/mol. The Kier molecular flexibility index (Phi) is 4.91. The van der Waals surface area contributed by atoms with E-state index in [1.54, 1.807) is 0 Å². The summed E-state index contributed by atoms with van der Waals surface area (Å²) >= 11 is 0. The highest BCUT2D eigenvalue weighted by atomic mass is 16.5. The molecule has 0 aliphatic carbocycles. The lowest BCUT2D eigenvalue weighted by molar-refractivity contribution is 0.378. The van der Waals surface area contributed by atoms with Gasteiger partial charge in [-0.3, -0.25) is 9.67 Å². The molecule has 1 saturated heterocycles. The van der Waals surface area contributed by atoms with E-state index in [0.29, 0.717) is 12.5 Å². The first-order valence-electron chi connectivity index (χ1n) is 9.18. The van der Waals surface area contributed by atoms with E-state index in [4.69, 9.17) is 4.52 Å². The van der Waals surface area contributed by atoms with Crippen LogP contribution >= 0.6 is 0 Å². The second kappa shape index (κ2) is 7.65. The molecule has 1 N–H and O–H groups in total. The number of likely N-dealkylation sites (tertiary alicyclic amines) is 1. The van der Waals surface area contributed by atoms with Gasteiger partial charge >= 0.3 is 0 Å². The lowest BCUT2D eigenvalue weighted by Gasteiger charge is -2.21. The van der Waals surface area contributed by atoms with Crippen LogP contribution in [0.15, 0.2) is 58.3 Å². The Labute approximate surface area is 158 Å². The molecule has 0 amide bonds. The van der Waals surface area contributed by atoms with E-state index >= 15 is 0 Å². The molecule has 1 fully saturated rings. The standard InChI is InChI=1S/C20H24N6O/c1-21-20(26-9-8-16(14-26)17-11-23-25(2)13-17)22-12-18-10-19(24-27-18)15-6-4-3-5-7-15/h3-7,10-11,13,16H,8-9,12,14H2,1-2H3,(H,21,22). The van der Waals surface area contributed by atoms with Gasteiger partial charge in [-0.15, -0.1) is 0 Å². The molecule has 1 aliphatic heterocycles. The number of guanidine groups is 1. The fourth-order valence-corrected chi connectivity index (χ4v) is 3.52. The fourth-order valence-electron chi connectivity index (χ4n) is 3.52. The highest BCUT2D eigenvalue weighted by Gasteiger charge is 2.27. The van der Waals surface area contributed by atoms with Gasteiger partial charge in [0.1, 0.15) is 5.69 Å². The van der Waals surface area contributed by atoms with E-state index in [1.807, 2.05) is 61.4 Å². The minimum Gasteiger partial charge on any atom is -0.359 e. The van der Waals surface area contributed by atoms with Crippen molar-refractivity contribution in [1.29, 1.82) is 0 Å².